The fourth-order valence-corrected chi connectivity index (χ4v) is 2.34. The van der Waals surface area contributed by atoms with E-state index in [4.69, 9.17) is 0 Å². The van der Waals surface area contributed by atoms with E-state index in [0.29, 0.717) is 16.4 Å². The third-order valence-corrected chi connectivity index (χ3v) is 4.45. The van der Waals surface area contributed by atoms with E-state index < -0.39 is 39.3 Å². The van der Waals surface area contributed by atoms with E-state index in [9.17, 15) is 39.9 Å². The summed E-state index contributed by atoms with van der Waals surface area (Å²) in [4.78, 5) is 0. The molecule has 0 radical (unpaired) electrons. The number of alkyl halides is 6. The van der Waals surface area contributed by atoms with Crippen LogP contribution in [0.1, 0.15) is 5.56 Å². The van der Waals surface area contributed by atoms with Crippen LogP contribution in [0.3, 0.4) is 0 Å². The van der Waals surface area contributed by atoms with E-state index >= 15 is 0 Å². The Morgan fingerprint density at radius 1 is 1.08 bits per heavy atom. The molecule has 5 nitrogen and oxygen atoms in total. The second kappa shape index (κ2) is 5.99. The maximum absolute atomic E-state index is 12.9. The Morgan fingerprint density at radius 2 is 1.54 bits per heavy atom. The van der Waals surface area contributed by atoms with Crippen LogP contribution in [-0.4, -0.2) is 46.3 Å². The van der Waals surface area contributed by atoms with Gasteiger partial charge in [-0.3, -0.25) is 4.31 Å². The van der Waals surface area contributed by atoms with Gasteiger partial charge in [0.25, 0.3) is 5.60 Å². The number of anilines is 1. The highest BCUT2D eigenvalue weighted by molar-refractivity contribution is 7.92. The smallest absolute Gasteiger partial charge is 0.430 e. The van der Waals surface area contributed by atoms with Crippen LogP contribution in [0.4, 0.5) is 32.0 Å². The van der Waals surface area contributed by atoms with Gasteiger partial charge in [0.1, 0.15) is 5.75 Å². The third kappa shape index (κ3) is 3.38. The average Bonchev–Trinajstić information content (AvgIpc) is 2.41. The lowest BCUT2D eigenvalue weighted by atomic mass is 9.92. The number of hydrogen-bond acceptors (Lipinski definition) is 4. The lowest BCUT2D eigenvalue weighted by Gasteiger charge is -2.33. The van der Waals surface area contributed by atoms with Crippen LogP contribution in [0, 0.1) is 0 Å². The Balaban J connectivity index is 3.63. The van der Waals surface area contributed by atoms with Crippen molar-refractivity contribution < 1.29 is 44.6 Å². The molecule has 0 spiro atoms. The number of sulfonamides is 1. The van der Waals surface area contributed by atoms with Crippen LogP contribution in [0.5, 0.6) is 5.75 Å². The normalized spacial score (nSPS) is 13.8. The predicted octanol–water partition coefficient (Wildman–Crippen LogP) is 2.40. The molecule has 0 aromatic heterocycles. The van der Waals surface area contributed by atoms with E-state index in [1.807, 2.05) is 0 Å². The molecule has 1 rings (SSSR count). The summed E-state index contributed by atoms with van der Waals surface area (Å²) < 4.78 is 105. The first-order valence-corrected chi connectivity index (χ1v) is 7.90. The minimum absolute atomic E-state index is 0.290. The molecule has 0 amide bonds. The molecule has 0 atom stereocenters. The Kier molecular flexibility index (Phi) is 5.08. The number of nitrogens with zero attached hydrogens (tertiary/aromatic N) is 1. The lowest BCUT2D eigenvalue weighted by Crippen LogP contribution is -2.53. The fraction of sp³-hybridized carbons (Fsp3) is 0.500. The van der Waals surface area contributed by atoms with Crippen molar-refractivity contribution in [3.8, 4) is 5.75 Å². The van der Waals surface area contributed by atoms with Crippen molar-refractivity contribution in [1.29, 1.82) is 0 Å². The van der Waals surface area contributed by atoms with Crippen LogP contribution >= 0.6 is 0 Å². The van der Waals surface area contributed by atoms with E-state index in [1.54, 1.807) is 0 Å². The summed E-state index contributed by atoms with van der Waals surface area (Å²) in [5.41, 5.74) is -6.98. The number of rotatable bonds is 4. The zero-order chi connectivity index (χ0) is 19.1. The first-order valence-electron chi connectivity index (χ1n) is 6.05. The van der Waals surface area contributed by atoms with Crippen molar-refractivity contribution in [2.75, 3.05) is 24.7 Å². The zero-order valence-corrected chi connectivity index (χ0v) is 13.3. The average molecular weight is 381 g/mol. The van der Waals surface area contributed by atoms with Crippen molar-refractivity contribution >= 4 is 15.7 Å². The highest BCUT2D eigenvalue weighted by atomic mass is 32.2. The van der Waals surface area contributed by atoms with Gasteiger partial charge in [-0.2, -0.15) is 26.3 Å². The van der Waals surface area contributed by atoms with Crippen molar-refractivity contribution in [1.82, 2.24) is 0 Å². The predicted molar refractivity (Wildman–Crippen MR) is 72.2 cm³/mol. The van der Waals surface area contributed by atoms with Gasteiger partial charge in [-0.15, -0.1) is 0 Å². The molecule has 0 unspecified atom stereocenters. The summed E-state index contributed by atoms with van der Waals surface area (Å²) in [6.45, 7) is 0. The van der Waals surface area contributed by atoms with Crippen molar-refractivity contribution in [2.24, 2.45) is 0 Å². The molecule has 1 aromatic carbocycles. The molecule has 24 heavy (non-hydrogen) atoms. The molecule has 12 heteroatoms. The number of benzene rings is 1. The van der Waals surface area contributed by atoms with Crippen LogP contribution < -0.4 is 9.04 Å². The van der Waals surface area contributed by atoms with Crippen molar-refractivity contribution in [3.05, 3.63) is 23.8 Å². The van der Waals surface area contributed by atoms with Gasteiger partial charge in [0, 0.05) is 12.6 Å². The topological polar surface area (TPSA) is 66.8 Å². The van der Waals surface area contributed by atoms with E-state index in [1.165, 1.54) is 0 Å². The molecule has 0 fully saturated rings. The number of hydrogen-bond donors (Lipinski definition) is 1. The first-order chi connectivity index (χ1) is 10.6. The van der Waals surface area contributed by atoms with E-state index in [0.717, 1.165) is 20.4 Å². The largest absolute Gasteiger partial charge is 0.495 e. The minimum atomic E-state index is -6.06. The van der Waals surface area contributed by atoms with Crippen LogP contribution in [0.15, 0.2) is 18.2 Å². The Bertz CT molecular complexity index is 699. The van der Waals surface area contributed by atoms with Crippen LogP contribution in [0.25, 0.3) is 0 Å². The monoisotopic (exact) mass is 381 g/mol. The Morgan fingerprint density at radius 3 is 1.88 bits per heavy atom. The molecular weight excluding hydrogens is 368 g/mol. The number of methoxy groups -OCH3 is 1. The molecule has 0 heterocycles. The zero-order valence-electron chi connectivity index (χ0n) is 12.5. The number of halogens is 6. The maximum atomic E-state index is 12.9. The molecule has 0 saturated heterocycles. The summed E-state index contributed by atoms with van der Waals surface area (Å²) in [6, 6.07) is 1.30. The number of ether oxygens (including phenoxy) is 1. The lowest BCUT2D eigenvalue weighted by molar-refractivity contribution is -0.376. The molecule has 0 aliphatic heterocycles. The van der Waals surface area contributed by atoms with Gasteiger partial charge >= 0.3 is 12.4 Å². The van der Waals surface area contributed by atoms with Crippen LogP contribution in [-0.2, 0) is 15.6 Å². The summed E-state index contributed by atoms with van der Waals surface area (Å²) in [5.74, 6) is -0.590. The van der Waals surface area contributed by atoms with Gasteiger partial charge in [-0.05, 0) is 12.1 Å². The van der Waals surface area contributed by atoms with Gasteiger partial charge < -0.3 is 9.84 Å². The first kappa shape index (κ1) is 20.4. The van der Waals surface area contributed by atoms with E-state index in [2.05, 4.69) is 4.74 Å². The summed E-state index contributed by atoms with van der Waals surface area (Å²) in [5, 5.41) is 9.33. The molecule has 0 saturated carbocycles. The van der Waals surface area contributed by atoms with Crippen molar-refractivity contribution in [2.45, 2.75) is 18.0 Å². The van der Waals surface area contributed by atoms with Crippen LogP contribution in [0.2, 0.25) is 0 Å². The Hall–Kier alpha value is -1.69. The fourth-order valence-electron chi connectivity index (χ4n) is 1.83. The standard InChI is InChI=1S/C12H13F6NO4S/c1-19(24(3,21)22)8-5-4-7(6-9(8)23-2)10(20,11(13,14)15)12(16,17)18/h4-6,20H,1-3H3. The maximum Gasteiger partial charge on any atom is 0.430 e. The van der Waals surface area contributed by atoms with Gasteiger partial charge in [0.15, 0.2) is 0 Å². The van der Waals surface area contributed by atoms with Gasteiger partial charge in [0.05, 0.1) is 19.1 Å². The SMILES string of the molecule is COc1cc(C(O)(C(F)(F)F)C(F)(F)F)ccc1N(C)S(C)(=O)=O. The highest BCUT2D eigenvalue weighted by Crippen LogP contribution is 2.51. The quantitative estimate of drug-likeness (QED) is 0.814. The molecule has 1 N–H and O–H groups in total. The minimum Gasteiger partial charge on any atom is -0.495 e. The molecular formula is C12H13F6NO4S. The number of aliphatic hydroxyl groups is 1. The molecule has 0 aliphatic carbocycles. The van der Waals surface area contributed by atoms with Gasteiger partial charge in [-0.1, -0.05) is 6.07 Å². The third-order valence-electron chi connectivity index (χ3n) is 3.25. The Labute approximate surface area is 133 Å². The molecule has 0 bridgehead atoms. The summed E-state index contributed by atoms with van der Waals surface area (Å²) in [6.07, 6.45) is -11.3. The highest BCUT2D eigenvalue weighted by Gasteiger charge is 2.71. The second-order valence-corrected chi connectivity index (χ2v) is 6.84. The van der Waals surface area contributed by atoms with Crippen molar-refractivity contribution in [3.63, 3.8) is 0 Å². The van der Waals surface area contributed by atoms with E-state index in [-0.39, 0.29) is 11.8 Å². The second-order valence-electron chi connectivity index (χ2n) is 4.82. The molecule has 138 valence electrons. The summed E-state index contributed by atoms with van der Waals surface area (Å²) >= 11 is 0. The molecule has 0 aliphatic rings. The molecule has 1 aromatic rings. The van der Waals surface area contributed by atoms with Gasteiger partial charge in [0.2, 0.25) is 10.0 Å². The summed E-state index contributed by atoms with van der Waals surface area (Å²) in [7, 11) is -1.88. The van der Waals surface area contributed by atoms with Gasteiger partial charge in [-0.25, -0.2) is 8.42 Å².